The molecule has 0 spiro atoms. The molecule has 0 bridgehead atoms. The van der Waals surface area contributed by atoms with Gasteiger partial charge in [-0.15, -0.1) is 0 Å². The van der Waals surface area contributed by atoms with E-state index in [4.69, 9.17) is 9.84 Å². The van der Waals surface area contributed by atoms with Crippen LogP contribution in [0.15, 0.2) is 42.5 Å². The zero-order chi connectivity index (χ0) is 14.7. The fraction of sp³-hybridized carbons (Fsp3) is 0.133. The summed E-state index contributed by atoms with van der Waals surface area (Å²) < 4.78 is 18.8. The number of carboxylic acid groups (broad SMARTS) is 1. The molecular weight excluding hydrogens is 263 g/mol. The Balaban J connectivity index is 2.46. The fourth-order valence-corrected chi connectivity index (χ4v) is 1.95. The largest absolute Gasteiger partial charge is 0.497 e. The van der Waals surface area contributed by atoms with Crippen molar-refractivity contribution in [1.82, 2.24) is 0 Å². The van der Waals surface area contributed by atoms with Crippen molar-refractivity contribution >= 4 is 5.97 Å². The van der Waals surface area contributed by atoms with E-state index in [-0.39, 0.29) is 16.7 Å². The summed E-state index contributed by atoms with van der Waals surface area (Å²) in [5, 5.41) is 19.3. The standard InChI is InChI=1S/C15H13FO4/c1-20-9-6-7-12(13(16)8-9)14(17)10-4-2-3-5-11(10)15(18)19/h2-8,14,17H,1H3,(H,18,19). The molecule has 2 aromatic carbocycles. The van der Waals surface area contributed by atoms with Gasteiger partial charge in [-0.1, -0.05) is 18.2 Å². The number of aliphatic hydroxyl groups excluding tert-OH is 1. The quantitative estimate of drug-likeness (QED) is 0.900. The summed E-state index contributed by atoms with van der Waals surface area (Å²) in [5.41, 5.74) is 0.0822. The molecule has 0 aromatic heterocycles. The van der Waals surface area contributed by atoms with Crippen LogP contribution >= 0.6 is 0 Å². The maximum Gasteiger partial charge on any atom is 0.336 e. The lowest BCUT2D eigenvalue weighted by molar-refractivity contribution is 0.0691. The van der Waals surface area contributed by atoms with Gasteiger partial charge in [-0.05, 0) is 23.8 Å². The molecule has 4 nitrogen and oxygen atoms in total. The number of carboxylic acids is 1. The van der Waals surface area contributed by atoms with Gasteiger partial charge in [0, 0.05) is 11.6 Å². The van der Waals surface area contributed by atoms with Crippen LogP contribution in [-0.4, -0.2) is 23.3 Å². The van der Waals surface area contributed by atoms with Crippen LogP contribution in [0.4, 0.5) is 4.39 Å². The summed E-state index contributed by atoms with van der Waals surface area (Å²) in [7, 11) is 1.41. The van der Waals surface area contributed by atoms with Crippen molar-refractivity contribution in [2.45, 2.75) is 6.10 Å². The van der Waals surface area contributed by atoms with E-state index < -0.39 is 17.9 Å². The van der Waals surface area contributed by atoms with Crippen LogP contribution in [0.25, 0.3) is 0 Å². The molecule has 1 unspecified atom stereocenters. The molecule has 0 heterocycles. The summed E-state index contributed by atoms with van der Waals surface area (Å²) in [4.78, 5) is 11.1. The van der Waals surface area contributed by atoms with E-state index in [2.05, 4.69) is 0 Å². The van der Waals surface area contributed by atoms with Crippen molar-refractivity contribution in [2.75, 3.05) is 7.11 Å². The van der Waals surface area contributed by atoms with Crippen molar-refractivity contribution in [3.63, 3.8) is 0 Å². The molecule has 1 atom stereocenters. The van der Waals surface area contributed by atoms with Gasteiger partial charge < -0.3 is 14.9 Å². The van der Waals surface area contributed by atoms with Gasteiger partial charge in [0.05, 0.1) is 12.7 Å². The lowest BCUT2D eigenvalue weighted by Crippen LogP contribution is -2.09. The van der Waals surface area contributed by atoms with Gasteiger partial charge in [0.2, 0.25) is 0 Å². The number of benzene rings is 2. The van der Waals surface area contributed by atoms with Crippen LogP contribution in [0, 0.1) is 5.82 Å². The number of methoxy groups -OCH3 is 1. The van der Waals surface area contributed by atoms with Gasteiger partial charge in [0.15, 0.2) is 0 Å². The predicted octanol–water partition coefficient (Wildman–Crippen LogP) is 2.61. The molecule has 0 radical (unpaired) electrons. The topological polar surface area (TPSA) is 66.8 Å². The van der Waals surface area contributed by atoms with E-state index in [0.29, 0.717) is 5.75 Å². The van der Waals surface area contributed by atoms with Gasteiger partial charge in [0.25, 0.3) is 0 Å². The lowest BCUT2D eigenvalue weighted by atomic mass is 9.96. The monoisotopic (exact) mass is 276 g/mol. The molecular formula is C15H13FO4. The van der Waals surface area contributed by atoms with E-state index >= 15 is 0 Å². The Kier molecular flexibility index (Phi) is 4.00. The lowest BCUT2D eigenvalue weighted by Gasteiger charge is -2.15. The van der Waals surface area contributed by atoms with Crippen molar-refractivity contribution in [3.05, 3.63) is 65.0 Å². The highest BCUT2D eigenvalue weighted by Gasteiger charge is 2.20. The SMILES string of the molecule is COc1ccc(C(O)c2ccccc2C(=O)O)c(F)c1. The molecule has 0 amide bonds. The Morgan fingerprint density at radius 1 is 1.20 bits per heavy atom. The Labute approximate surface area is 115 Å². The third-order valence-electron chi connectivity index (χ3n) is 2.99. The summed E-state index contributed by atoms with van der Waals surface area (Å²) >= 11 is 0. The molecule has 2 aromatic rings. The third kappa shape index (κ3) is 2.62. The molecule has 0 aliphatic carbocycles. The minimum absolute atomic E-state index is 0.000463. The first-order chi connectivity index (χ1) is 9.54. The number of ether oxygens (including phenoxy) is 1. The first-order valence-electron chi connectivity index (χ1n) is 5.88. The van der Waals surface area contributed by atoms with Crippen molar-refractivity contribution in [2.24, 2.45) is 0 Å². The smallest absolute Gasteiger partial charge is 0.336 e. The number of aromatic carboxylic acids is 1. The summed E-state index contributed by atoms with van der Waals surface area (Å²) in [5.74, 6) is -1.50. The van der Waals surface area contributed by atoms with Crippen LogP contribution in [0.1, 0.15) is 27.6 Å². The van der Waals surface area contributed by atoms with Crippen LogP contribution in [0.2, 0.25) is 0 Å². The molecule has 0 aliphatic rings. The molecule has 0 fully saturated rings. The highest BCUT2D eigenvalue weighted by molar-refractivity contribution is 5.89. The number of halogens is 1. The zero-order valence-corrected chi connectivity index (χ0v) is 10.7. The molecule has 2 N–H and O–H groups in total. The van der Waals surface area contributed by atoms with Crippen molar-refractivity contribution < 1.29 is 24.1 Å². The average molecular weight is 276 g/mol. The van der Waals surface area contributed by atoms with E-state index in [9.17, 15) is 14.3 Å². The molecule has 104 valence electrons. The second-order valence-electron chi connectivity index (χ2n) is 4.18. The second kappa shape index (κ2) is 5.71. The van der Waals surface area contributed by atoms with Gasteiger partial charge in [-0.2, -0.15) is 0 Å². The number of carbonyl (C=O) groups is 1. The third-order valence-corrected chi connectivity index (χ3v) is 2.99. The number of hydrogen-bond acceptors (Lipinski definition) is 3. The molecule has 0 saturated heterocycles. The van der Waals surface area contributed by atoms with Crippen molar-refractivity contribution in [3.8, 4) is 5.75 Å². The van der Waals surface area contributed by atoms with E-state index in [0.717, 1.165) is 6.07 Å². The predicted molar refractivity (Wildman–Crippen MR) is 70.4 cm³/mol. The van der Waals surface area contributed by atoms with E-state index in [1.807, 2.05) is 0 Å². The zero-order valence-electron chi connectivity index (χ0n) is 10.7. The van der Waals surface area contributed by atoms with Gasteiger partial charge in [-0.3, -0.25) is 0 Å². The fourth-order valence-electron chi connectivity index (χ4n) is 1.95. The Bertz CT molecular complexity index is 640. The minimum Gasteiger partial charge on any atom is -0.497 e. The van der Waals surface area contributed by atoms with E-state index in [1.165, 1.54) is 31.4 Å². The first kappa shape index (κ1) is 14.0. The summed E-state index contributed by atoms with van der Waals surface area (Å²) in [6, 6.07) is 9.97. The van der Waals surface area contributed by atoms with Crippen molar-refractivity contribution in [1.29, 1.82) is 0 Å². The highest BCUT2D eigenvalue weighted by atomic mass is 19.1. The van der Waals surface area contributed by atoms with Gasteiger partial charge in [-0.25, -0.2) is 9.18 Å². The average Bonchev–Trinajstić information content (AvgIpc) is 2.46. The number of rotatable bonds is 4. The summed E-state index contributed by atoms with van der Waals surface area (Å²) in [6.45, 7) is 0. The molecule has 0 saturated carbocycles. The minimum atomic E-state index is -1.35. The molecule has 0 aliphatic heterocycles. The van der Waals surface area contributed by atoms with E-state index in [1.54, 1.807) is 12.1 Å². The van der Waals surface area contributed by atoms with Crippen LogP contribution in [-0.2, 0) is 0 Å². The Morgan fingerprint density at radius 2 is 1.90 bits per heavy atom. The molecule has 20 heavy (non-hydrogen) atoms. The van der Waals surface area contributed by atoms with Gasteiger partial charge >= 0.3 is 5.97 Å². The van der Waals surface area contributed by atoms with Gasteiger partial charge in [0.1, 0.15) is 17.7 Å². The Hall–Kier alpha value is -2.40. The highest BCUT2D eigenvalue weighted by Crippen LogP contribution is 2.28. The number of hydrogen-bond donors (Lipinski definition) is 2. The van der Waals surface area contributed by atoms with Crippen LogP contribution in [0.5, 0.6) is 5.75 Å². The maximum atomic E-state index is 13.9. The first-order valence-corrected chi connectivity index (χ1v) is 5.88. The van der Waals surface area contributed by atoms with Crippen LogP contribution in [0.3, 0.4) is 0 Å². The number of aliphatic hydroxyl groups is 1. The second-order valence-corrected chi connectivity index (χ2v) is 4.18. The summed E-state index contributed by atoms with van der Waals surface area (Å²) in [6.07, 6.45) is -1.35. The van der Waals surface area contributed by atoms with Crippen LogP contribution < -0.4 is 4.74 Å². The normalized spacial score (nSPS) is 11.9. The Morgan fingerprint density at radius 3 is 2.50 bits per heavy atom. The molecule has 2 rings (SSSR count). The molecule has 5 heteroatoms. The maximum absolute atomic E-state index is 13.9.